The van der Waals surface area contributed by atoms with E-state index in [9.17, 15) is 0 Å². The molecule has 3 N–H and O–H groups in total. The molecule has 0 aromatic carbocycles. The molecule has 1 fully saturated rings. The van der Waals surface area contributed by atoms with Crippen molar-refractivity contribution in [3.8, 4) is 0 Å². The molecule has 1 aromatic heterocycles. The Balaban J connectivity index is 2.05. The minimum atomic E-state index is 0.660. The maximum Gasteiger partial charge on any atom is 0.140 e. The average molecular weight is 269 g/mol. The van der Waals surface area contributed by atoms with Crippen LogP contribution in [0.3, 0.4) is 0 Å². The number of hydrazine groups is 1. The van der Waals surface area contributed by atoms with E-state index in [1.54, 1.807) is 6.07 Å². The molecule has 4 nitrogen and oxygen atoms in total. The third kappa shape index (κ3) is 3.13. The predicted molar refractivity (Wildman–Crippen MR) is 75.3 cm³/mol. The van der Waals surface area contributed by atoms with Crippen LogP contribution < -0.4 is 11.3 Å². The zero-order valence-electron chi connectivity index (χ0n) is 11.0. The van der Waals surface area contributed by atoms with Crippen molar-refractivity contribution in [2.75, 3.05) is 18.5 Å². The summed E-state index contributed by atoms with van der Waals surface area (Å²) in [7, 11) is 0. The Hall–Kier alpha value is -0.840. The third-order valence-electron chi connectivity index (χ3n) is 3.86. The summed E-state index contributed by atoms with van der Waals surface area (Å²) in [6.07, 6.45) is 1.24. The second-order valence-electron chi connectivity index (χ2n) is 5.25. The van der Waals surface area contributed by atoms with Gasteiger partial charge in [0, 0.05) is 13.1 Å². The van der Waals surface area contributed by atoms with Gasteiger partial charge in [0.25, 0.3) is 0 Å². The number of nitrogens with zero attached hydrogens (tertiary/aromatic N) is 2. The second-order valence-corrected chi connectivity index (χ2v) is 5.65. The highest BCUT2D eigenvalue weighted by Crippen LogP contribution is 2.25. The van der Waals surface area contributed by atoms with Gasteiger partial charge in [-0.15, -0.1) is 0 Å². The molecule has 100 valence electrons. The maximum atomic E-state index is 6.18. The summed E-state index contributed by atoms with van der Waals surface area (Å²) in [4.78, 5) is 6.84. The summed E-state index contributed by atoms with van der Waals surface area (Å²) >= 11 is 6.18. The lowest BCUT2D eigenvalue weighted by atomic mass is 9.88. The van der Waals surface area contributed by atoms with Crippen molar-refractivity contribution in [3.63, 3.8) is 0 Å². The molecule has 2 rings (SSSR count). The Morgan fingerprint density at radius 3 is 2.89 bits per heavy atom. The highest BCUT2D eigenvalue weighted by molar-refractivity contribution is 6.31. The molecular weight excluding hydrogens is 248 g/mol. The van der Waals surface area contributed by atoms with Gasteiger partial charge >= 0.3 is 0 Å². The van der Waals surface area contributed by atoms with Crippen LogP contribution in [0.15, 0.2) is 12.1 Å². The van der Waals surface area contributed by atoms with Crippen molar-refractivity contribution < 1.29 is 0 Å². The number of aromatic nitrogens is 1. The van der Waals surface area contributed by atoms with E-state index >= 15 is 0 Å². The van der Waals surface area contributed by atoms with Crippen LogP contribution in [0.25, 0.3) is 0 Å². The first-order valence-electron chi connectivity index (χ1n) is 6.44. The van der Waals surface area contributed by atoms with Gasteiger partial charge in [-0.1, -0.05) is 25.4 Å². The molecule has 2 unspecified atom stereocenters. The molecule has 1 aliphatic heterocycles. The number of anilines is 1. The Morgan fingerprint density at radius 2 is 2.22 bits per heavy atom. The summed E-state index contributed by atoms with van der Waals surface area (Å²) in [6.45, 7) is 7.66. The Kier molecular flexibility index (Phi) is 4.43. The molecule has 5 heteroatoms. The van der Waals surface area contributed by atoms with Gasteiger partial charge in [-0.3, -0.25) is 4.90 Å². The largest absolute Gasteiger partial charge is 0.308 e. The van der Waals surface area contributed by atoms with E-state index in [2.05, 4.69) is 29.2 Å². The number of piperidine rings is 1. The zero-order valence-corrected chi connectivity index (χ0v) is 11.7. The molecule has 2 heterocycles. The van der Waals surface area contributed by atoms with E-state index in [4.69, 9.17) is 17.4 Å². The van der Waals surface area contributed by atoms with E-state index in [1.165, 1.54) is 6.42 Å². The number of rotatable bonds is 3. The smallest absolute Gasteiger partial charge is 0.140 e. The van der Waals surface area contributed by atoms with Gasteiger partial charge < -0.3 is 5.43 Å². The second kappa shape index (κ2) is 5.87. The lowest BCUT2D eigenvalue weighted by molar-refractivity contribution is 0.131. The molecule has 0 bridgehead atoms. The van der Waals surface area contributed by atoms with Crippen LogP contribution in [0.5, 0.6) is 0 Å². The monoisotopic (exact) mass is 268 g/mol. The number of hydrogen-bond donors (Lipinski definition) is 2. The summed E-state index contributed by atoms with van der Waals surface area (Å²) in [5, 5.41) is 0.709. The van der Waals surface area contributed by atoms with E-state index in [-0.39, 0.29) is 0 Å². The highest BCUT2D eigenvalue weighted by atomic mass is 35.5. The van der Waals surface area contributed by atoms with Crippen LogP contribution in [-0.4, -0.2) is 23.0 Å². The first kappa shape index (κ1) is 13.6. The molecule has 0 saturated carbocycles. The SMILES string of the molecule is CC1CCN(Cc2nc(NN)ccc2Cl)CC1C. The van der Waals surface area contributed by atoms with Crippen molar-refractivity contribution in [3.05, 3.63) is 22.8 Å². The Bertz CT molecular complexity index is 410. The topological polar surface area (TPSA) is 54.2 Å². The van der Waals surface area contributed by atoms with Crippen LogP contribution >= 0.6 is 11.6 Å². The minimum absolute atomic E-state index is 0.660. The van der Waals surface area contributed by atoms with E-state index in [0.29, 0.717) is 10.8 Å². The number of nitrogens with one attached hydrogen (secondary N) is 1. The number of pyridine rings is 1. The predicted octanol–water partition coefficient (Wildman–Crippen LogP) is 2.50. The van der Waals surface area contributed by atoms with Gasteiger partial charge in [0.1, 0.15) is 5.82 Å². The number of halogens is 1. The fraction of sp³-hybridized carbons (Fsp3) is 0.615. The standard InChI is InChI=1S/C13H21ClN4/c1-9-5-6-18(7-10(9)2)8-12-11(14)3-4-13(16-12)17-15/h3-4,9-10H,5-8,15H2,1-2H3,(H,16,17). The summed E-state index contributed by atoms with van der Waals surface area (Å²) in [5.74, 6) is 7.57. The molecule has 0 aliphatic carbocycles. The van der Waals surface area contributed by atoms with Gasteiger partial charge in [-0.25, -0.2) is 10.8 Å². The highest BCUT2D eigenvalue weighted by Gasteiger charge is 2.23. The third-order valence-corrected chi connectivity index (χ3v) is 4.20. The van der Waals surface area contributed by atoms with Crippen molar-refractivity contribution in [1.82, 2.24) is 9.88 Å². The number of likely N-dealkylation sites (tertiary alicyclic amines) is 1. The summed E-state index contributed by atoms with van der Waals surface area (Å²) < 4.78 is 0. The summed E-state index contributed by atoms with van der Waals surface area (Å²) in [6, 6.07) is 3.63. The molecule has 0 amide bonds. The molecule has 0 radical (unpaired) electrons. The number of nitrogen functional groups attached to an aromatic ring is 1. The summed E-state index contributed by atoms with van der Waals surface area (Å²) in [5.41, 5.74) is 3.46. The van der Waals surface area contributed by atoms with Crippen LogP contribution in [0.2, 0.25) is 5.02 Å². The van der Waals surface area contributed by atoms with Crippen LogP contribution in [0.1, 0.15) is 26.0 Å². The van der Waals surface area contributed by atoms with E-state index in [0.717, 1.165) is 37.2 Å². The lowest BCUT2D eigenvalue weighted by Gasteiger charge is -2.35. The Morgan fingerprint density at radius 1 is 1.44 bits per heavy atom. The van der Waals surface area contributed by atoms with E-state index in [1.807, 2.05) is 6.07 Å². The van der Waals surface area contributed by atoms with Gasteiger partial charge in [0.05, 0.1) is 10.7 Å². The normalized spacial score (nSPS) is 25.1. The van der Waals surface area contributed by atoms with Crippen LogP contribution in [0.4, 0.5) is 5.82 Å². The fourth-order valence-corrected chi connectivity index (χ4v) is 2.55. The first-order chi connectivity index (χ1) is 8.60. The van der Waals surface area contributed by atoms with Crippen molar-refractivity contribution in [1.29, 1.82) is 0 Å². The van der Waals surface area contributed by atoms with E-state index < -0.39 is 0 Å². The lowest BCUT2D eigenvalue weighted by Crippen LogP contribution is -2.38. The number of nitrogens with two attached hydrogens (primary N) is 1. The quantitative estimate of drug-likeness (QED) is 0.653. The van der Waals surface area contributed by atoms with Gasteiger partial charge in [-0.2, -0.15) is 0 Å². The van der Waals surface area contributed by atoms with Crippen molar-refractivity contribution >= 4 is 17.4 Å². The molecule has 18 heavy (non-hydrogen) atoms. The molecule has 1 aliphatic rings. The minimum Gasteiger partial charge on any atom is -0.308 e. The van der Waals surface area contributed by atoms with Crippen LogP contribution in [0, 0.1) is 11.8 Å². The average Bonchev–Trinajstić information content (AvgIpc) is 2.36. The van der Waals surface area contributed by atoms with Crippen molar-refractivity contribution in [2.45, 2.75) is 26.8 Å². The molecule has 1 saturated heterocycles. The van der Waals surface area contributed by atoms with Gasteiger partial charge in [0.15, 0.2) is 0 Å². The number of hydrogen-bond acceptors (Lipinski definition) is 4. The fourth-order valence-electron chi connectivity index (χ4n) is 2.38. The molecule has 1 aromatic rings. The molecule has 0 spiro atoms. The first-order valence-corrected chi connectivity index (χ1v) is 6.82. The zero-order chi connectivity index (χ0) is 13.1. The van der Waals surface area contributed by atoms with Crippen LogP contribution in [-0.2, 0) is 6.54 Å². The molecular formula is C13H21ClN4. The van der Waals surface area contributed by atoms with Gasteiger partial charge in [0.2, 0.25) is 0 Å². The van der Waals surface area contributed by atoms with Crippen molar-refractivity contribution in [2.24, 2.45) is 17.7 Å². The maximum absolute atomic E-state index is 6.18. The molecule has 2 atom stereocenters. The Labute approximate surface area is 113 Å². The van der Waals surface area contributed by atoms with Gasteiger partial charge in [-0.05, 0) is 36.9 Å².